The summed E-state index contributed by atoms with van der Waals surface area (Å²) in [6.07, 6.45) is 3.01. The third kappa shape index (κ3) is 4.66. The highest BCUT2D eigenvalue weighted by atomic mass is 32.2. The average Bonchev–Trinajstić information content (AvgIpc) is 2.30. The van der Waals surface area contributed by atoms with Crippen molar-refractivity contribution in [2.45, 2.75) is 19.4 Å². The molecule has 18 heavy (non-hydrogen) atoms. The molecule has 0 aliphatic rings. The zero-order valence-corrected chi connectivity index (χ0v) is 11.6. The third-order valence-electron chi connectivity index (χ3n) is 2.17. The molecule has 3 N–H and O–H groups in total. The summed E-state index contributed by atoms with van der Waals surface area (Å²) >= 11 is 1.53. The van der Waals surface area contributed by atoms with Crippen LogP contribution < -0.4 is 10.6 Å². The summed E-state index contributed by atoms with van der Waals surface area (Å²) in [6.45, 7) is 4.49. The molecular formula is C11H19FN4OS. The van der Waals surface area contributed by atoms with Crippen LogP contribution in [0.25, 0.3) is 0 Å². The van der Waals surface area contributed by atoms with Gasteiger partial charge < -0.3 is 15.7 Å². The van der Waals surface area contributed by atoms with Gasteiger partial charge in [-0.05, 0) is 20.1 Å². The standard InChI is InChI=1S/C11H19FN4OS/c1-4-13-10-14-5-8(12)9(16-10)15-6-11(2,17)7-18-3/h5,17H,4,6-7H2,1-3H3,(H2,13,14,15,16). The smallest absolute Gasteiger partial charge is 0.224 e. The fourth-order valence-electron chi connectivity index (χ4n) is 1.37. The van der Waals surface area contributed by atoms with Gasteiger partial charge in [0.05, 0.1) is 11.8 Å². The molecule has 0 aliphatic carbocycles. The van der Waals surface area contributed by atoms with Crippen LogP contribution in [0.3, 0.4) is 0 Å². The van der Waals surface area contributed by atoms with Crippen molar-refractivity contribution in [1.29, 1.82) is 0 Å². The molecule has 1 unspecified atom stereocenters. The second-order valence-electron chi connectivity index (χ2n) is 4.20. The minimum atomic E-state index is -0.908. The zero-order chi connectivity index (χ0) is 13.6. The SMILES string of the molecule is CCNc1ncc(F)c(NCC(C)(O)CSC)n1. The van der Waals surface area contributed by atoms with E-state index in [9.17, 15) is 9.50 Å². The summed E-state index contributed by atoms with van der Waals surface area (Å²) in [5.74, 6) is 0.497. The van der Waals surface area contributed by atoms with Crippen LogP contribution in [0.1, 0.15) is 13.8 Å². The second kappa shape index (κ2) is 6.75. The molecule has 0 amide bonds. The summed E-state index contributed by atoms with van der Waals surface area (Å²) in [4.78, 5) is 7.80. The molecule has 0 radical (unpaired) electrons. The molecule has 1 aromatic heterocycles. The van der Waals surface area contributed by atoms with Crippen LogP contribution in [0, 0.1) is 5.82 Å². The molecule has 1 rings (SSSR count). The number of halogens is 1. The van der Waals surface area contributed by atoms with Crippen LogP contribution in [0.5, 0.6) is 0 Å². The van der Waals surface area contributed by atoms with Crippen molar-refractivity contribution in [3.8, 4) is 0 Å². The molecule has 102 valence electrons. The van der Waals surface area contributed by atoms with Crippen LogP contribution in [0.2, 0.25) is 0 Å². The maximum Gasteiger partial charge on any atom is 0.224 e. The van der Waals surface area contributed by atoms with Crippen molar-refractivity contribution in [3.63, 3.8) is 0 Å². The maximum atomic E-state index is 13.5. The van der Waals surface area contributed by atoms with Gasteiger partial charge in [0, 0.05) is 18.8 Å². The summed E-state index contributed by atoms with van der Waals surface area (Å²) in [7, 11) is 0. The Hall–Kier alpha value is -1.08. The van der Waals surface area contributed by atoms with Gasteiger partial charge >= 0.3 is 0 Å². The fourth-order valence-corrected chi connectivity index (χ4v) is 2.09. The fraction of sp³-hybridized carbons (Fsp3) is 0.636. The molecule has 0 fully saturated rings. The van der Waals surface area contributed by atoms with Gasteiger partial charge in [-0.1, -0.05) is 0 Å². The summed E-state index contributed by atoms with van der Waals surface area (Å²) in [5.41, 5.74) is -0.908. The molecule has 0 saturated carbocycles. The van der Waals surface area contributed by atoms with Crippen molar-refractivity contribution in [3.05, 3.63) is 12.0 Å². The monoisotopic (exact) mass is 274 g/mol. The summed E-state index contributed by atoms with van der Waals surface area (Å²) in [6, 6.07) is 0. The van der Waals surface area contributed by atoms with E-state index in [0.717, 1.165) is 6.20 Å². The lowest BCUT2D eigenvalue weighted by Gasteiger charge is -2.22. The van der Waals surface area contributed by atoms with E-state index in [-0.39, 0.29) is 12.4 Å². The predicted octanol–water partition coefficient (Wildman–Crippen LogP) is 1.57. The molecule has 1 aromatic rings. The lowest BCUT2D eigenvalue weighted by molar-refractivity contribution is 0.0995. The number of nitrogens with one attached hydrogen (secondary N) is 2. The number of aromatic nitrogens is 2. The molecular weight excluding hydrogens is 255 g/mol. The minimum absolute atomic E-state index is 0.0994. The Labute approximate surface area is 111 Å². The van der Waals surface area contributed by atoms with Crippen molar-refractivity contribution in [2.75, 3.05) is 35.7 Å². The van der Waals surface area contributed by atoms with Crippen LogP contribution in [0.15, 0.2) is 6.20 Å². The van der Waals surface area contributed by atoms with Crippen molar-refractivity contribution >= 4 is 23.5 Å². The van der Waals surface area contributed by atoms with Gasteiger partial charge in [-0.2, -0.15) is 16.7 Å². The first-order chi connectivity index (χ1) is 8.48. The number of aliphatic hydroxyl groups is 1. The Balaban J connectivity index is 2.68. The summed E-state index contributed by atoms with van der Waals surface area (Å²) in [5, 5.41) is 15.7. The van der Waals surface area contributed by atoms with Gasteiger partial charge in [0.1, 0.15) is 0 Å². The van der Waals surface area contributed by atoms with E-state index in [1.165, 1.54) is 11.8 Å². The van der Waals surface area contributed by atoms with Crippen LogP contribution >= 0.6 is 11.8 Å². The predicted molar refractivity (Wildman–Crippen MR) is 73.6 cm³/mol. The molecule has 0 bridgehead atoms. The van der Waals surface area contributed by atoms with Crippen molar-refractivity contribution < 1.29 is 9.50 Å². The van der Waals surface area contributed by atoms with Gasteiger partial charge in [0.2, 0.25) is 5.95 Å². The molecule has 5 nitrogen and oxygen atoms in total. The number of anilines is 2. The van der Waals surface area contributed by atoms with Crippen LogP contribution in [-0.4, -0.2) is 45.8 Å². The van der Waals surface area contributed by atoms with Gasteiger partial charge in [0.15, 0.2) is 11.6 Å². The zero-order valence-electron chi connectivity index (χ0n) is 10.8. The normalized spacial score (nSPS) is 14.1. The minimum Gasteiger partial charge on any atom is -0.387 e. The number of thioether (sulfide) groups is 1. The average molecular weight is 274 g/mol. The molecule has 7 heteroatoms. The Morgan fingerprint density at radius 2 is 2.22 bits per heavy atom. The number of hydrogen-bond acceptors (Lipinski definition) is 6. The van der Waals surface area contributed by atoms with Crippen molar-refractivity contribution in [2.24, 2.45) is 0 Å². The largest absolute Gasteiger partial charge is 0.387 e. The highest BCUT2D eigenvalue weighted by Gasteiger charge is 2.20. The quantitative estimate of drug-likeness (QED) is 0.701. The maximum absolute atomic E-state index is 13.5. The Morgan fingerprint density at radius 3 is 2.83 bits per heavy atom. The first-order valence-electron chi connectivity index (χ1n) is 5.70. The number of rotatable bonds is 7. The van der Waals surface area contributed by atoms with E-state index in [1.54, 1.807) is 6.92 Å². The number of nitrogens with zero attached hydrogens (tertiary/aromatic N) is 2. The lowest BCUT2D eigenvalue weighted by atomic mass is 10.1. The topological polar surface area (TPSA) is 70.1 Å². The summed E-state index contributed by atoms with van der Waals surface area (Å²) < 4.78 is 13.5. The molecule has 0 aliphatic heterocycles. The Morgan fingerprint density at radius 1 is 1.50 bits per heavy atom. The van der Waals surface area contributed by atoms with Crippen LogP contribution in [-0.2, 0) is 0 Å². The molecule has 1 heterocycles. The van der Waals surface area contributed by atoms with E-state index in [4.69, 9.17) is 0 Å². The Kier molecular flexibility index (Phi) is 5.61. The van der Waals surface area contributed by atoms with E-state index in [2.05, 4.69) is 20.6 Å². The Bertz CT molecular complexity index is 389. The molecule has 1 atom stereocenters. The van der Waals surface area contributed by atoms with E-state index in [0.29, 0.717) is 18.2 Å². The highest BCUT2D eigenvalue weighted by Crippen LogP contribution is 2.15. The third-order valence-corrected chi connectivity index (χ3v) is 3.08. The number of hydrogen-bond donors (Lipinski definition) is 3. The van der Waals surface area contributed by atoms with Gasteiger partial charge in [-0.25, -0.2) is 9.37 Å². The lowest BCUT2D eigenvalue weighted by Crippen LogP contribution is -2.36. The second-order valence-corrected chi connectivity index (χ2v) is 5.07. The first kappa shape index (κ1) is 15.0. The molecule has 0 aromatic carbocycles. The van der Waals surface area contributed by atoms with Gasteiger partial charge in [-0.15, -0.1) is 0 Å². The van der Waals surface area contributed by atoms with Gasteiger partial charge in [0.25, 0.3) is 0 Å². The van der Waals surface area contributed by atoms with Crippen LogP contribution in [0.4, 0.5) is 16.2 Å². The van der Waals surface area contributed by atoms with Gasteiger partial charge in [-0.3, -0.25) is 0 Å². The first-order valence-corrected chi connectivity index (χ1v) is 7.09. The molecule has 0 saturated heterocycles. The highest BCUT2D eigenvalue weighted by molar-refractivity contribution is 7.98. The van der Waals surface area contributed by atoms with E-state index in [1.807, 2.05) is 13.2 Å². The van der Waals surface area contributed by atoms with E-state index >= 15 is 0 Å². The molecule has 0 spiro atoms. The van der Waals surface area contributed by atoms with Crippen molar-refractivity contribution in [1.82, 2.24) is 9.97 Å². The van der Waals surface area contributed by atoms with E-state index < -0.39 is 11.4 Å².